The summed E-state index contributed by atoms with van der Waals surface area (Å²) in [5.74, 6) is 0.893. The molecular weight excluding hydrogens is 396 g/mol. The second kappa shape index (κ2) is 14.1. The number of ether oxygens (including phenoxy) is 3. The van der Waals surface area contributed by atoms with Gasteiger partial charge >= 0.3 is 0 Å². The van der Waals surface area contributed by atoms with Crippen molar-refractivity contribution in [3.05, 3.63) is 23.5 Å². The normalized spacial score (nSPS) is 11.5. The molecule has 0 unspecified atom stereocenters. The lowest BCUT2D eigenvalue weighted by molar-refractivity contribution is -0.121. The van der Waals surface area contributed by atoms with Crippen LogP contribution in [0.5, 0.6) is 5.75 Å². The SMILES string of the molecule is COCc1cc(OCCCCNC(=O)CCC(C)(C)SSC)cc(COC)n1. The first-order valence-corrected chi connectivity index (χ1v) is 12.0. The Morgan fingerprint density at radius 1 is 1.14 bits per heavy atom. The highest BCUT2D eigenvalue weighted by Crippen LogP contribution is 2.36. The highest BCUT2D eigenvalue weighted by atomic mass is 33.1. The average molecular weight is 431 g/mol. The monoisotopic (exact) mass is 430 g/mol. The molecule has 1 aromatic rings. The number of unbranched alkanes of at least 4 members (excludes halogenated alkanes) is 1. The van der Waals surface area contributed by atoms with Crippen molar-refractivity contribution in [3.63, 3.8) is 0 Å². The molecule has 0 radical (unpaired) electrons. The molecule has 1 N–H and O–H groups in total. The van der Waals surface area contributed by atoms with Gasteiger partial charge in [0.05, 0.1) is 31.2 Å². The number of methoxy groups -OCH3 is 2. The van der Waals surface area contributed by atoms with E-state index in [9.17, 15) is 4.79 Å². The van der Waals surface area contributed by atoms with Crippen molar-refractivity contribution >= 4 is 27.5 Å². The summed E-state index contributed by atoms with van der Waals surface area (Å²) in [4.78, 5) is 16.4. The lowest BCUT2D eigenvalue weighted by Gasteiger charge is -2.21. The number of hydrogen-bond acceptors (Lipinski definition) is 7. The number of nitrogens with one attached hydrogen (secondary N) is 1. The Bertz CT molecular complexity index is 561. The number of rotatable bonds is 15. The molecule has 0 aliphatic rings. The first-order valence-electron chi connectivity index (χ1n) is 9.49. The predicted molar refractivity (Wildman–Crippen MR) is 118 cm³/mol. The van der Waals surface area contributed by atoms with E-state index in [1.807, 2.05) is 22.9 Å². The van der Waals surface area contributed by atoms with E-state index in [1.165, 1.54) is 0 Å². The molecule has 0 spiro atoms. The van der Waals surface area contributed by atoms with Crippen LogP contribution in [-0.4, -0.2) is 49.3 Å². The minimum absolute atomic E-state index is 0.123. The molecule has 0 saturated carbocycles. The molecule has 1 heterocycles. The molecule has 28 heavy (non-hydrogen) atoms. The maximum atomic E-state index is 12.0. The molecule has 0 saturated heterocycles. The molecule has 0 atom stereocenters. The van der Waals surface area contributed by atoms with Gasteiger partial charge in [0.2, 0.25) is 5.91 Å². The van der Waals surface area contributed by atoms with Gasteiger partial charge in [0.1, 0.15) is 5.75 Å². The highest BCUT2D eigenvalue weighted by molar-refractivity contribution is 8.76. The van der Waals surface area contributed by atoms with Gasteiger partial charge in [-0.25, -0.2) is 0 Å². The fraction of sp³-hybridized carbons (Fsp3) is 0.700. The van der Waals surface area contributed by atoms with Gasteiger partial charge in [-0.05, 0) is 39.4 Å². The molecule has 1 amide bonds. The summed E-state index contributed by atoms with van der Waals surface area (Å²) in [6, 6.07) is 3.78. The Morgan fingerprint density at radius 3 is 2.36 bits per heavy atom. The van der Waals surface area contributed by atoms with Crippen molar-refractivity contribution < 1.29 is 19.0 Å². The van der Waals surface area contributed by atoms with Crippen LogP contribution in [0, 0.1) is 0 Å². The molecule has 1 rings (SSSR count). The number of carbonyl (C=O) groups is 1. The fourth-order valence-corrected chi connectivity index (χ4v) is 4.80. The average Bonchev–Trinajstić information content (AvgIpc) is 2.63. The van der Waals surface area contributed by atoms with Crippen LogP contribution in [0.15, 0.2) is 12.1 Å². The number of nitrogens with zero attached hydrogens (tertiary/aromatic N) is 1. The highest BCUT2D eigenvalue weighted by Gasteiger charge is 2.19. The quantitative estimate of drug-likeness (QED) is 0.330. The molecule has 0 aliphatic heterocycles. The molecule has 0 bridgehead atoms. The number of amides is 1. The minimum Gasteiger partial charge on any atom is -0.493 e. The van der Waals surface area contributed by atoms with E-state index in [-0.39, 0.29) is 10.7 Å². The number of hydrogen-bond donors (Lipinski definition) is 1. The van der Waals surface area contributed by atoms with E-state index in [2.05, 4.69) is 30.4 Å². The first kappa shape index (κ1) is 25.1. The van der Waals surface area contributed by atoms with Crippen molar-refractivity contribution in [2.24, 2.45) is 0 Å². The van der Waals surface area contributed by atoms with Crippen LogP contribution in [-0.2, 0) is 27.5 Å². The van der Waals surface area contributed by atoms with Gasteiger partial charge in [0.25, 0.3) is 0 Å². The van der Waals surface area contributed by atoms with Crippen LogP contribution in [0.4, 0.5) is 0 Å². The summed E-state index contributed by atoms with van der Waals surface area (Å²) < 4.78 is 16.3. The Morgan fingerprint density at radius 2 is 1.79 bits per heavy atom. The van der Waals surface area contributed by atoms with Crippen molar-refractivity contribution in [1.82, 2.24) is 10.3 Å². The maximum Gasteiger partial charge on any atom is 0.220 e. The summed E-state index contributed by atoms with van der Waals surface area (Å²) in [7, 11) is 6.84. The number of pyridine rings is 1. The van der Waals surface area contributed by atoms with E-state index in [0.29, 0.717) is 32.8 Å². The molecule has 6 nitrogen and oxygen atoms in total. The van der Waals surface area contributed by atoms with Gasteiger partial charge in [-0.2, -0.15) is 0 Å². The van der Waals surface area contributed by atoms with Crippen molar-refractivity contribution in [2.45, 2.75) is 57.5 Å². The van der Waals surface area contributed by atoms with Gasteiger partial charge in [-0.15, -0.1) is 0 Å². The molecule has 8 heteroatoms. The number of aromatic nitrogens is 1. The zero-order valence-electron chi connectivity index (χ0n) is 17.7. The standard InChI is InChI=1S/C20H34N2O4S2/c1-20(2,28-27-5)9-8-19(23)21-10-6-7-11-26-18-12-16(14-24-3)22-17(13-18)15-25-4/h12-13H,6-11,14-15H2,1-5H3,(H,21,23). The van der Waals surface area contributed by atoms with Gasteiger partial charge in [0, 0.05) is 44.1 Å². The zero-order chi connectivity index (χ0) is 20.8. The van der Waals surface area contributed by atoms with E-state index in [1.54, 1.807) is 25.0 Å². The van der Waals surface area contributed by atoms with E-state index < -0.39 is 0 Å². The molecular formula is C20H34N2O4S2. The van der Waals surface area contributed by atoms with Crippen LogP contribution in [0.3, 0.4) is 0 Å². The topological polar surface area (TPSA) is 69.7 Å². The van der Waals surface area contributed by atoms with Crippen LogP contribution in [0.1, 0.15) is 50.9 Å². The van der Waals surface area contributed by atoms with E-state index >= 15 is 0 Å². The van der Waals surface area contributed by atoms with E-state index in [4.69, 9.17) is 14.2 Å². The van der Waals surface area contributed by atoms with Crippen LogP contribution in [0.25, 0.3) is 0 Å². The lowest BCUT2D eigenvalue weighted by atomic mass is 10.1. The Balaban J connectivity index is 2.25. The molecule has 0 fully saturated rings. The Labute approximate surface area is 177 Å². The summed E-state index contributed by atoms with van der Waals surface area (Å²) in [6.45, 7) is 6.50. The molecule has 0 aromatic carbocycles. The van der Waals surface area contributed by atoms with Crippen molar-refractivity contribution in [1.29, 1.82) is 0 Å². The molecule has 0 aliphatic carbocycles. The largest absolute Gasteiger partial charge is 0.493 e. The molecule has 160 valence electrons. The zero-order valence-corrected chi connectivity index (χ0v) is 19.3. The van der Waals surface area contributed by atoms with E-state index in [0.717, 1.165) is 36.4 Å². The Hall–Kier alpha value is -0.960. The Kier molecular flexibility index (Phi) is 12.6. The fourth-order valence-electron chi connectivity index (χ4n) is 2.56. The third-order valence-corrected chi connectivity index (χ3v) is 6.59. The lowest BCUT2D eigenvalue weighted by Crippen LogP contribution is -2.26. The smallest absolute Gasteiger partial charge is 0.220 e. The van der Waals surface area contributed by atoms with Gasteiger partial charge < -0.3 is 19.5 Å². The maximum absolute atomic E-state index is 12.0. The summed E-state index contributed by atoms with van der Waals surface area (Å²) in [5.41, 5.74) is 1.64. The summed E-state index contributed by atoms with van der Waals surface area (Å²) in [5, 5.41) is 2.99. The van der Waals surface area contributed by atoms with Crippen molar-refractivity contribution in [2.75, 3.05) is 33.6 Å². The third kappa shape index (κ3) is 11.1. The number of carbonyl (C=O) groups excluding carboxylic acids is 1. The van der Waals surface area contributed by atoms with Crippen LogP contribution < -0.4 is 10.1 Å². The minimum atomic E-state index is 0.123. The first-order chi connectivity index (χ1) is 13.4. The van der Waals surface area contributed by atoms with Gasteiger partial charge in [-0.1, -0.05) is 21.6 Å². The molecule has 1 aromatic heterocycles. The van der Waals surface area contributed by atoms with Crippen molar-refractivity contribution in [3.8, 4) is 5.75 Å². The van der Waals surface area contributed by atoms with Crippen LogP contribution in [0.2, 0.25) is 0 Å². The van der Waals surface area contributed by atoms with Crippen LogP contribution >= 0.6 is 21.6 Å². The summed E-state index contributed by atoms with van der Waals surface area (Å²) in [6.07, 6.45) is 5.27. The second-order valence-electron chi connectivity index (χ2n) is 7.07. The second-order valence-corrected chi connectivity index (χ2v) is 10.2. The van der Waals surface area contributed by atoms with Gasteiger partial charge in [0.15, 0.2) is 0 Å². The third-order valence-electron chi connectivity index (χ3n) is 3.91. The van der Waals surface area contributed by atoms with Gasteiger partial charge in [-0.3, -0.25) is 9.78 Å². The predicted octanol–water partition coefficient (Wildman–Crippen LogP) is 4.22. The summed E-state index contributed by atoms with van der Waals surface area (Å²) >= 11 is 0.